The highest BCUT2D eigenvalue weighted by Gasteiger charge is 2.05. The van der Waals surface area contributed by atoms with Crippen molar-refractivity contribution in [3.05, 3.63) is 35.2 Å². The van der Waals surface area contributed by atoms with E-state index in [1.54, 1.807) is 0 Å². The summed E-state index contributed by atoms with van der Waals surface area (Å²) >= 11 is 0. The van der Waals surface area contributed by atoms with Gasteiger partial charge >= 0.3 is 0 Å². The van der Waals surface area contributed by atoms with Crippen LogP contribution in [-0.4, -0.2) is 11.2 Å². The van der Waals surface area contributed by atoms with E-state index in [4.69, 9.17) is 5.41 Å². The molecule has 1 aliphatic carbocycles. The van der Waals surface area contributed by atoms with Gasteiger partial charge in [0, 0.05) is 11.9 Å². The number of fused-ring (bicyclic) bond motifs is 1. The van der Waals surface area contributed by atoms with Crippen LogP contribution in [0.4, 0.5) is 0 Å². The van der Waals surface area contributed by atoms with Gasteiger partial charge in [0.2, 0.25) is 0 Å². The second kappa shape index (κ2) is 2.89. The molecule has 60 valence electrons. The zero-order valence-corrected chi connectivity index (χ0v) is 6.75. The second-order valence-electron chi connectivity index (χ2n) is 2.86. The first-order chi connectivity index (χ1) is 5.90. The molecule has 12 heavy (non-hydrogen) atoms. The monoisotopic (exact) mass is 158 g/mol. The minimum Gasteiger partial charge on any atom is -0.307 e. The molecule has 1 aliphatic rings. The number of aryl methyl sites for hydroxylation is 1. The molecule has 0 bridgehead atoms. The topological polar surface area (TPSA) is 36.7 Å². The SMILES string of the molecule is N=Cc1ccc2c(n1)CCC=C2. The molecule has 1 heterocycles. The minimum atomic E-state index is 0.754. The molecule has 0 atom stereocenters. The lowest BCUT2D eigenvalue weighted by atomic mass is 10.0. The number of rotatable bonds is 1. The van der Waals surface area contributed by atoms with Gasteiger partial charge < -0.3 is 5.41 Å². The Morgan fingerprint density at radius 2 is 2.33 bits per heavy atom. The van der Waals surface area contributed by atoms with Crippen molar-refractivity contribution in [1.82, 2.24) is 4.98 Å². The van der Waals surface area contributed by atoms with Crippen molar-refractivity contribution in [2.24, 2.45) is 0 Å². The maximum atomic E-state index is 7.06. The fourth-order valence-electron chi connectivity index (χ4n) is 1.39. The quantitative estimate of drug-likeness (QED) is 0.624. The van der Waals surface area contributed by atoms with Crippen molar-refractivity contribution in [2.45, 2.75) is 12.8 Å². The predicted octanol–water partition coefficient (Wildman–Crippen LogP) is 2.04. The molecule has 2 heteroatoms. The Balaban J connectivity index is 2.50. The zero-order chi connectivity index (χ0) is 8.39. The normalized spacial score (nSPS) is 14.0. The number of pyridine rings is 1. The Bertz CT molecular complexity index is 340. The Morgan fingerprint density at radius 3 is 3.17 bits per heavy atom. The Labute approximate surface area is 71.5 Å². The molecule has 0 radical (unpaired) electrons. The lowest BCUT2D eigenvalue weighted by Gasteiger charge is -2.08. The zero-order valence-electron chi connectivity index (χ0n) is 6.75. The largest absolute Gasteiger partial charge is 0.307 e. The Kier molecular flexibility index (Phi) is 1.74. The first kappa shape index (κ1) is 7.22. The summed E-state index contributed by atoms with van der Waals surface area (Å²) in [6, 6.07) is 3.90. The summed E-state index contributed by atoms with van der Waals surface area (Å²) in [7, 11) is 0. The van der Waals surface area contributed by atoms with Crippen molar-refractivity contribution < 1.29 is 0 Å². The number of allylic oxidation sites excluding steroid dienone is 1. The summed E-state index contributed by atoms with van der Waals surface area (Å²) in [5, 5.41) is 7.06. The van der Waals surface area contributed by atoms with E-state index in [9.17, 15) is 0 Å². The van der Waals surface area contributed by atoms with Gasteiger partial charge in [-0.1, -0.05) is 18.2 Å². The van der Waals surface area contributed by atoms with Crippen LogP contribution >= 0.6 is 0 Å². The minimum absolute atomic E-state index is 0.754. The van der Waals surface area contributed by atoms with E-state index >= 15 is 0 Å². The van der Waals surface area contributed by atoms with E-state index < -0.39 is 0 Å². The molecular weight excluding hydrogens is 148 g/mol. The van der Waals surface area contributed by atoms with Gasteiger partial charge in [0.1, 0.15) is 0 Å². The van der Waals surface area contributed by atoms with Crippen LogP contribution in [0.3, 0.4) is 0 Å². The lowest BCUT2D eigenvalue weighted by Crippen LogP contribution is -2.00. The van der Waals surface area contributed by atoms with Gasteiger partial charge in [-0.05, 0) is 24.5 Å². The second-order valence-corrected chi connectivity index (χ2v) is 2.86. The number of nitrogens with zero attached hydrogens (tertiary/aromatic N) is 1. The Morgan fingerprint density at radius 1 is 1.42 bits per heavy atom. The van der Waals surface area contributed by atoms with Gasteiger partial charge in [0.25, 0.3) is 0 Å². The summed E-state index contributed by atoms with van der Waals surface area (Å²) < 4.78 is 0. The highest BCUT2D eigenvalue weighted by molar-refractivity contribution is 5.74. The summed E-state index contributed by atoms with van der Waals surface area (Å²) in [5.74, 6) is 0. The standard InChI is InChI=1S/C10H10N2/c11-7-9-6-5-8-3-1-2-4-10(8)12-9/h1,3,5-7,11H,2,4H2. The first-order valence-corrected chi connectivity index (χ1v) is 4.07. The molecule has 0 saturated carbocycles. The molecule has 2 nitrogen and oxygen atoms in total. The van der Waals surface area contributed by atoms with E-state index in [2.05, 4.69) is 17.1 Å². The van der Waals surface area contributed by atoms with Crippen molar-refractivity contribution in [1.29, 1.82) is 5.41 Å². The van der Waals surface area contributed by atoms with E-state index in [1.807, 2.05) is 12.1 Å². The molecule has 1 aromatic rings. The van der Waals surface area contributed by atoms with Crippen molar-refractivity contribution in [3.63, 3.8) is 0 Å². The van der Waals surface area contributed by atoms with Crippen LogP contribution in [0.1, 0.15) is 23.4 Å². The highest BCUT2D eigenvalue weighted by Crippen LogP contribution is 2.16. The smallest absolute Gasteiger partial charge is 0.0808 e. The van der Waals surface area contributed by atoms with Crippen molar-refractivity contribution >= 4 is 12.3 Å². The highest BCUT2D eigenvalue weighted by atomic mass is 14.7. The van der Waals surface area contributed by atoms with E-state index in [-0.39, 0.29) is 0 Å². The Hall–Kier alpha value is -1.44. The third-order valence-corrected chi connectivity index (χ3v) is 2.02. The summed E-state index contributed by atoms with van der Waals surface area (Å²) in [6.07, 6.45) is 7.63. The van der Waals surface area contributed by atoms with E-state index in [1.165, 1.54) is 11.8 Å². The fraction of sp³-hybridized carbons (Fsp3) is 0.200. The molecule has 0 spiro atoms. The third kappa shape index (κ3) is 1.16. The van der Waals surface area contributed by atoms with Gasteiger partial charge in [-0.15, -0.1) is 0 Å². The van der Waals surface area contributed by atoms with Crippen LogP contribution in [0.15, 0.2) is 18.2 Å². The molecule has 0 aliphatic heterocycles. The van der Waals surface area contributed by atoms with Gasteiger partial charge in [0.15, 0.2) is 0 Å². The van der Waals surface area contributed by atoms with Crippen LogP contribution in [0.2, 0.25) is 0 Å². The predicted molar refractivity (Wildman–Crippen MR) is 49.5 cm³/mol. The number of aromatic nitrogens is 1. The van der Waals surface area contributed by atoms with Crippen LogP contribution in [0.5, 0.6) is 0 Å². The van der Waals surface area contributed by atoms with Crippen LogP contribution < -0.4 is 0 Å². The molecular formula is C10H10N2. The van der Waals surface area contributed by atoms with Crippen molar-refractivity contribution in [2.75, 3.05) is 0 Å². The molecule has 1 aromatic heterocycles. The number of nitrogens with one attached hydrogen (secondary N) is 1. The van der Waals surface area contributed by atoms with E-state index in [0.717, 1.165) is 24.2 Å². The van der Waals surface area contributed by atoms with Gasteiger partial charge in [-0.3, -0.25) is 4.98 Å². The van der Waals surface area contributed by atoms with Gasteiger partial charge in [0.05, 0.1) is 5.69 Å². The molecule has 0 amide bonds. The molecule has 2 rings (SSSR count). The summed E-state index contributed by atoms with van der Waals surface area (Å²) in [5.41, 5.74) is 3.08. The number of hydrogen-bond donors (Lipinski definition) is 1. The van der Waals surface area contributed by atoms with Crippen LogP contribution in [0, 0.1) is 5.41 Å². The fourth-order valence-corrected chi connectivity index (χ4v) is 1.39. The van der Waals surface area contributed by atoms with E-state index in [0.29, 0.717) is 0 Å². The molecule has 0 saturated heterocycles. The molecule has 0 unspecified atom stereocenters. The van der Waals surface area contributed by atoms with Crippen LogP contribution in [-0.2, 0) is 6.42 Å². The average Bonchev–Trinajstić information content (AvgIpc) is 2.17. The van der Waals surface area contributed by atoms with Crippen molar-refractivity contribution in [3.8, 4) is 0 Å². The lowest BCUT2D eigenvalue weighted by molar-refractivity contribution is 0.924. The van der Waals surface area contributed by atoms with Crippen LogP contribution in [0.25, 0.3) is 6.08 Å². The molecule has 1 N–H and O–H groups in total. The third-order valence-electron chi connectivity index (χ3n) is 2.02. The number of hydrogen-bond acceptors (Lipinski definition) is 2. The molecule has 0 aromatic carbocycles. The maximum absolute atomic E-state index is 7.06. The van der Waals surface area contributed by atoms with Gasteiger partial charge in [-0.25, -0.2) is 0 Å². The maximum Gasteiger partial charge on any atom is 0.0808 e. The summed E-state index contributed by atoms with van der Waals surface area (Å²) in [6.45, 7) is 0. The van der Waals surface area contributed by atoms with Gasteiger partial charge in [-0.2, -0.15) is 0 Å². The first-order valence-electron chi connectivity index (χ1n) is 4.07. The molecule has 0 fully saturated rings. The average molecular weight is 158 g/mol. The summed E-state index contributed by atoms with van der Waals surface area (Å²) in [4.78, 5) is 4.34.